The van der Waals surface area contributed by atoms with Crippen LogP contribution < -0.4 is 10.6 Å². The van der Waals surface area contributed by atoms with E-state index in [1.54, 1.807) is 10.8 Å². The van der Waals surface area contributed by atoms with Crippen molar-refractivity contribution in [1.82, 2.24) is 34.8 Å². The fourth-order valence-corrected chi connectivity index (χ4v) is 4.35. The lowest BCUT2D eigenvalue weighted by Crippen LogP contribution is -2.36. The maximum absolute atomic E-state index is 13.9. The Balaban J connectivity index is 1.58. The molecule has 1 fully saturated rings. The van der Waals surface area contributed by atoms with Crippen LogP contribution in [0.4, 0.5) is 10.2 Å². The van der Waals surface area contributed by atoms with Gasteiger partial charge >= 0.3 is 0 Å². The van der Waals surface area contributed by atoms with E-state index >= 15 is 0 Å². The van der Waals surface area contributed by atoms with Gasteiger partial charge in [0.15, 0.2) is 17.3 Å². The van der Waals surface area contributed by atoms with E-state index in [-0.39, 0.29) is 18.2 Å². The molecule has 1 aliphatic rings. The summed E-state index contributed by atoms with van der Waals surface area (Å²) in [5, 5.41) is 27.0. The summed E-state index contributed by atoms with van der Waals surface area (Å²) in [6.07, 6.45) is 3.43. The number of fused-ring (bicyclic) bond motifs is 1. The minimum Gasteiger partial charge on any atom is -0.390 e. The summed E-state index contributed by atoms with van der Waals surface area (Å²) in [5.41, 5.74) is 1.90. The average molecular weight is 478 g/mol. The van der Waals surface area contributed by atoms with Crippen LogP contribution in [0.2, 0.25) is 0 Å². The Morgan fingerprint density at radius 2 is 2.06 bits per heavy atom. The smallest absolute Gasteiger partial charge is 0.225 e. The number of amides is 1. The maximum atomic E-state index is 13.9. The van der Waals surface area contributed by atoms with Crippen LogP contribution in [0.1, 0.15) is 18.2 Å². The fourth-order valence-electron chi connectivity index (χ4n) is 4.35. The van der Waals surface area contributed by atoms with Gasteiger partial charge < -0.3 is 25.4 Å². The lowest BCUT2D eigenvalue weighted by atomic mass is 10.1. The van der Waals surface area contributed by atoms with Crippen LogP contribution in [0.15, 0.2) is 49.2 Å². The Morgan fingerprint density at radius 3 is 2.80 bits per heavy atom. The van der Waals surface area contributed by atoms with Crippen molar-refractivity contribution in [2.24, 2.45) is 5.92 Å². The second-order valence-electron chi connectivity index (χ2n) is 8.29. The van der Waals surface area contributed by atoms with Crippen LogP contribution in [0.3, 0.4) is 0 Å². The zero-order valence-corrected chi connectivity index (χ0v) is 18.7. The van der Waals surface area contributed by atoms with Gasteiger partial charge in [-0.15, -0.1) is 0 Å². The Bertz CT molecular complexity index is 1370. The molecule has 35 heavy (non-hydrogen) atoms. The van der Waals surface area contributed by atoms with E-state index in [1.807, 2.05) is 18.2 Å². The van der Waals surface area contributed by atoms with Crippen LogP contribution in [0.25, 0.3) is 22.6 Å². The summed E-state index contributed by atoms with van der Waals surface area (Å²) < 4.78 is 15.5. The number of pyridine rings is 2. The van der Waals surface area contributed by atoms with Crippen molar-refractivity contribution in [2.75, 3.05) is 12.4 Å². The summed E-state index contributed by atoms with van der Waals surface area (Å²) in [7, 11) is 1.48. The molecule has 0 spiro atoms. The van der Waals surface area contributed by atoms with Gasteiger partial charge in [-0.25, -0.2) is 19.3 Å². The molecule has 12 heteroatoms. The topological polar surface area (TPSA) is 151 Å². The molecule has 4 aromatic heterocycles. The van der Waals surface area contributed by atoms with Gasteiger partial charge in [0.05, 0.1) is 42.8 Å². The minimum atomic E-state index is -1.24. The van der Waals surface area contributed by atoms with Crippen LogP contribution in [-0.2, 0) is 11.3 Å². The highest BCUT2D eigenvalue weighted by atomic mass is 19.1. The molecule has 0 bridgehead atoms. The Labute approximate surface area is 199 Å². The van der Waals surface area contributed by atoms with Crippen molar-refractivity contribution in [3.05, 3.63) is 60.7 Å². The number of hydrogen-bond acceptors (Lipinski definition) is 9. The Kier molecular flexibility index (Phi) is 6.05. The van der Waals surface area contributed by atoms with E-state index in [2.05, 4.69) is 35.6 Å². The highest BCUT2D eigenvalue weighted by molar-refractivity contribution is 5.85. The molecule has 1 amide bonds. The molecule has 4 heterocycles. The number of rotatable bonds is 6. The second kappa shape index (κ2) is 9.31. The van der Waals surface area contributed by atoms with Gasteiger partial charge in [-0.1, -0.05) is 6.07 Å². The predicted octanol–water partition coefficient (Wildman–Crippen LogP) is 1.06. The lowest BCUT2D eigenvalue weighted by Gasteiger charge is -2.18. The van der Waals surface area contributed by atoms with Crippen molar-refractivity contribution in [2.45, 2.75) is 31.2 Å². The third-order valence-corrected chi connectivity index (χ3v) is 6.14. The molecule has 5 rings (SSSR count). The van der Waals surface area contributed by atoms with Gasteiger partial charge in [0.25, 0.3) is 0 Å². The van der Waals surface area contributed by atoms with E-state index in [9.17, 15) is 19.4 Å². The van der Waals surface area contributed by atoms with Gasteiger partial charge in [-0.3, -0.25) is 14.8 Å². The Hall–Kier alpha value is -4.03. The van der Waals surface area contributed by atoms with Crippen molar-refractivity contribution >= 4 is 22.9 Å². The van der Waals surface area contributed by atoms with E-state index in [1.165, 1.54) is 25.6 Å². The normalized spacial score (nSPS) is 21.8. The summed E-state index contributed by atoms with van der Waals surface area (Å²) in [6.45, 7) is 0.351. The Morgan fingerprint density at radius 1 is 1.20 bits per heavy atom. The largest absolute Gasteiger partial charge is 0.390 e. The molecule has 0 aliphatic heterocycles. The zero-order chi connectivity index (χ0) is 24.5. The van der Waals surface area contributed by atoms with E-state index in [0.717, 1.165) is 11.9 Å². The van der Waals surface area contributed by atoms with Crippen molar-refractivity contribution in [3.63, 3.8) is 0 Å². The molecule has 0 unspecified atom stereocenters. The fraction of sp³-hybridized carbons (Fsp3) is 0.304. The third kappa shape index (κ3) is 4.29. The molecule has 0 radical (unpaired) electrons. The number of halogens is 1. The zero-order valence-electron chi connectivity index (χ0n) is 18.7. The lowest BCUT2D eigenvalue weighted by molar-refractivity contribution is -0.128. The molecule has 0 aromatic carbocycles. The molecule has 4 atom stereocenters. The average Bonchev–Trinajstić information content (AvgIpc) is 3.43. The summed E-state index contributed by atoms with van der Waals surface area (Å²) in [6, 6.07) is 6.16. The number of aliphatic hydroxyl groups excluding tert-OH is 2. The van der Waals surface area contributed by atoms with Gasteiger partial charge in [0.2, 0.25) is 5.91 Å². The molecule has 4 N–H and O–H groups in total. The number of nitrogens with one attached hydrogen (secondary N) is 2. The first-order chi connectivity index (χ1) is 17.0. The van der Waals surface area contributed by atoms with E-state index in [4.69, 9.17) is 0 Å². The van der Waals surface area contributed by atoms with Crippen LogP contribution in [0, 0.1) is 11.7 Å². The first kappa shape index (κ1) is 22.7. The molecule has 0 saturated heterocycles. The number of hydrogen-bond donors (Lipinski definition) is 4. The van der Waals surface area contributed by atoms with E-state index < -0.39 is 30.0 Å². The van der Waals surface area contributed by atoms with Gasteiger partial charge in [-0.2, -0.15) is 0 Å². The SMILES string of the molecule is CNC(=O)[C@H]1C[C@@H](n2cnc3c(NCc4ccccn4)nc(-c4cncc(F)c4)nc32)[C@H](O)[C@@H]1O. The molecule has 1 saturated carbocycles. The highest BCUT2D eigenvalue weighted by Gasteiger charge is 2.46. The number of carbonyl (C=O) groups excluding carboxylic acids is 1. The van der Waals surface area contributed by atoms with Crippen LogP contribution >= 0.6 is 0 Å². The summed E-state index contributed by atoms with van der Waals surface area (Å²) in [5.74, 6) is -1.10. The molecule has 180 valence electrons. The van der Waals surface area contributed by atoms with Crippen molar-refractivity contribution in [1.29, 1.82) is 0 Å². The molecular formula is C23H23FN8O3. The third-order valence-electron chi connectivity index (χ3n) is 6.14. The predicted molar refractivity (Wildman–Crippen MR) is 123 cm³/mol. The standard InChI is InChI=1S/C23H23FN8O3/c1-25-23(35)15-7-16(19(34)18(15)33)32-11-29-17-21(28-10-14-4-2-3-5-27-14)30-20(31-22(17)32)12-6-13(24)9-26-8-12/h2-6,8-9,11,15-16,18-19,33-34H,7,10H2,1H3,(H,25,35)(H,28,30,31)/t15-,16+,18+,19-/m0/s1. The van der Waals surface area contributed by atoms with E-state index in [0.29, 0.717) is 29.1 Å². The quantitative estimate of drug-likeness (QED) is 0.319. The molecule has 11 nitrogen and oxygen atoms in total. The highest BCUT2D eigenvalue weighted by Crippen LogP contribution is 2.38. The van der Waals surface area contributed by atoms with Crippen LogP contribution in [-0.4, -0.2) is 64.9 Å². The molecule has 4 aromatic rings. The summed E-state index contributed by atoms with van der Waals surface area (Å²) in [4.78, 5) is 34.0. The molecular weight excluding hydrogens is 455 g/mol. The first-order valence-electron chi connectivity index (χ1n) is 11.0. The summed E-state index contributed by atoms with van der Waals surface area (Å²) >= 11 is 0. The monoisotopic (exact) mass is 478 g/mol. The number of imidazole rings is 1. The van der Waals surface area contributed by atoms with Gasteiger partial charge in [0, 0.05) is 25.0 Å². The number of anilines is 1. The van der Waals surface area contributed by atoms with Gasteiger partial charge in [-0.05, 0) is 24.6 Å². The first-order valence-corrected chi connectivity index (χ1v) is 11.0. The number of nitrogens with zero attached hydrogens (tertiary/aromatic N) is 6. The minimum absolute atomic E-state index is 0.186. The second-order valence-corrected chi connectivity index (χ2v) is 8.29. The van der Waals surface area contributed by atoms with Crippen molar-refractivity contribution < 1.29 is 19.4 Å². The maximum Gasteiger partial charge on any atom is 0.225 e. The molecule has 1 aliphatic carbocycles. The van der Waals surface area contributed by atoms with Gasteiger partial charge in [0.1, 0.15) is 17.4 Å². The number of aliphatic hydroxyl groups is 2. The number of carbonyl (C=O) groups is 1. The van der Waals surface area contributed by atoms with Crippen molar-refractivity contribution in [3.8, 4) is 11.4 Å². The number of aromatic nitrogens is 6. The van der Waals surface area contributed by atoms with Crippen LogP contribution in [0.5, 0.6) is 0 Å².